The number of amides is 1. The van der Waals surface area contributed by atoms with Gasteiger partial charge < -0.3 is 10.3 Å². The molecule has 0 fully saturated rings. The maximum Gasteiger partial charge on any atom is 0.227 e. The lowest BCUT2D eigenvalue weighted by molar-refractivity contribution is -0.119. The zero-order valence-electron chi connectivity index (χ0n) is 16.9. The van der Waals surface area contributed by atoms with Gasteiger partial charge in [-0.1, -0.05) is 20.3 Å². The summed E-state index contributed by atoms with van der Waals surface area (Å²) in [5, 5.41) is 7.48. The van der Waals surface area contributed by atoms with Gasteiger partial charge in [-0.15, -0.1) is 0 Å². The molecule has 0 aliphatic heterocycles. The zero-order chi connectivity index (χ0) is 19.6. The van der Waals surface area contributed by atoms with Crippen LogP contribution in [0, 0.1) is 19.8 Å². The maximum atomic E-state index is 12.7. The predicted octanol–water partition coefficient (Wildman–Crippen LogP) is 4.07. The number of nitrogens with one attached hydrogen (secondary N) is 2. The first-order chi connectivity index (χ1) is 12.9. The molecule has 1 atom stereocenters. The minimum absolute atomic E-state index is 0.0164. The van der Waals surface area contributed by atoms with E-state index in [0.29, 0.717) is 6.42 Å². The van der Waals surface area contributed by atoms with E-state index in [9.17, 15) is 4.79 Å². The molecular formula is C21H29N5O. The van der Waals surface area contributed by atoms with Crippen LogP contribution >= 0.6 is 0 Å². The molecule has 2 aromatic heterocycles. The fraction of sp³-hybridized carbons (Fsp3) is 0.476. The van der Waals surface area contributed by atoms with E-state index in [1.165, 1.54) is 0 Å². The van der Waals surface area contributed by atoms with Crippen molar-refractivity contribution in [3.8, 4) is 0 Å². The number of rotatable bonds is 7. The molecule has 0 aliphatic rings. The molecule has 144 valence electrons. The summed E-state index contributed by atoms with van der Waals surface area (Å²) in [5.74, 6) is 0.887. The molecule has 3 rings (SSSR count). The Hall–Kier alpha value is -2.63. The number of unbranched alkanes of at least 4 members (excludes halogenated alkanes) is 1. The summed E-state index contributed by atoms with van der Waals surface area (Å²) >= 11 is 0. The van der Waals surface area contributed by atoms with Crippen LogP contribution in [0.25, 0.3) is 11.0 Å². The average Bonchev–Trinajstić information content (AvgIpc) is 3.14. The summed E-state index contributed by atoms with van der Waals surface area (Å²) in [5.41, 5.74) is 5.97. The van der Waals surface area contributed by atoms with Crippen LogP contribution in [0.1, 0.15) is 49.5 Å². The number of aryl methyl sites for hydroxylation is 3. The summed E-state index contributed by atoms with van der Waals surface area (Å²) in [7, 11) is 1.94. The van der Waals surface area contributed by atoms with Gasteiger partial charge in [-0.25, -0.2) is 4.98 Å². The predicted molar refractivity (Wildman–Crippen MR) is 109 cm³/mol. The standard InChI is InChI=1S/C21H29N5O/c1-6-7-8-20-23-18-10-9-16(12-19(18)24-20)22-21(27)13(2)11-17-14(3)25-26(5)15(17)4/h9-10,12-13H,6-8,11H2,1-5H3,(H,22,27)(H,23,24)/t13-/m0/s1. The number of anilines is 1. The Labute approximate surface area is 160 Å². The van der Waals surface area contributed by atoms with Crippen molar-refractivity contribution in [3.63, 3.8) is 0 Å². The molecule has 0 bridgehead atoms. The molecule has 1 amide bonds. The van der Waals surface area contributed by atoms with Gasteiger partial charge in [-0.2, -0.15) is 5.10 Å². The molecule has 0 spiro atoms. The number of aromatic nitrogens is 4. The smallest absolute Gasteiger partial charge is 0.227 e. The quantitative estimate of drug-likeness (QED) is 0.661. The van der Waals surface area contributed by atoms with Crippen molar-refractivity contribution in [1.29, 1.82) is 0 Å². The number of hydrogen-bond donors (Lipinski definition) is 2. The Balaban J connectivity index is 1.69. The van der Waals surface area contributed by atoms with Gasteiger partial charge in [-0.3, -0.25) is 9.48 Å². The second-order valence-electron chi connectivity index (χ2n) is 7.39. The van der Waals surface area contributed by atoms with Gasteiger partial charge in [0, 0.05) is 30.8 Å². The lowest BCUT2D eigenvalue weighted by atomic mass is 9.99. The minimum Gasteiger partial charge on any atom is -0.342 e. The van der Waals surface area contributed by atoms with Gasteiger partial charge in [0.05, 0.1) is 16.7 Å². The summed E-state index contributed by atoms with van der Waals surface area (Å²) in [4.78, 5) is 20.6. The monoisotopic (exact) mass is 367 g/mol. The van der Waals surface area contributed by atoms with E-state index in [1.54, 1.807) is 0 Å². The molecule has 6 heteroatoms. The summed E-state index contributed by atoms with van der Waals surface area (Å²) in [6.07, 6.45) is 3.90. The lowest BCUT2D eigenvalue weighted by Gasteiger charge is -2.12. The van der Waals surface area contributed by atoms with E-state index in [4.69, 9.17) is 0 Å². The van der Waals surface area contributed by atoms with E-state index in [0.717, 1.165) is 58.8 Å². The molecule has 27 heavy (non-hydrogen) atoms. The SMILES string of the molecule is CCCCc1nc2ccc(NC(=O)[C@@H](C)Cc3c(C)nn(C)c3C)cc2[nH]1. The maximum absolute atomic E-state index is 12.7. The first-order valence-corrected chi connectivity index (χ1v) is 9.67. The van der Waals surface area contributed by atoms with Crippen LogP contribution in [0.3, 0.4) is 0 Å². The Morgan fingerprint density at radius 3 is 2.78 bits per heavy atom. The number of imidazole rings is 1. The van der Waals surface area contributed by atoms with Crippen molar-refractivity contribution in [2.24, 2.45) is 13.0 Å². The first kappa shape index (κ1) is 19.1. The van der Waals surface area contributed by atoms with Gasteiger partial charge in [0.15, 0.2) is 0 Å². The largest absolute Gasteiger partial charge is 0.342 e. The van der Waals surface area contributed by atoms with Gasteiger partial charge in [-0.05, 0) is 50.5 Å². The zero-order valence-corrected chi connectivity index (χ0v) is 16.9. The summed E-state index contributed by atoms with van der Waals surface area (Å²) in [6, 6.07) is 5.83. The molecular weight excluding hydrogens is 338 g/mol. The van der Waals surface area contributed by atoms with Crippen LogP contribution in [-0.2, 0) is 24.7 Å². The first-order valence-electron chi connectivity index (χ1n) is 9.67. The van der Waals surface area contributed by atoms with Crippen LogP contribution in [0.5, 0.6) is 0 Å². The van der Waals surface area contributed by atoms with Crippen molar-refractivity contribution in [2.75, 3.05) is 5.32 Å². The van der Waals surface area contributed by atoms with Gasteiger partial charge >= 0.3 is 0 Å². The fourth-order valence-corrected chi connectivity index (χ4v) is 3.38. The van der Waals surface area contributed by atoms with Crippen molar-refractivity contribution < 1.29 is 4.79 Å². The third-order valence-corrected chi connectivity index (χ3v) is 5.18. The third kappa shape index (κ3) is 4.21. The summed E-state index contributed by atoms with van der Waals surface area (Å²) < 4.78 is 1.87. The van der Waals surface area contributed by atoms with E-state index in [-0.39, 0.29) is 11.8 Å². The second kappa shape index (κ2) is 7.94. The van der Waals surface area contributed by atoms with E-state index in [2.05, 4.69) is 27.3 Å². The van der Waals surface area contributed by atoms with Crippen molar-refractivity contribution in [3.05, 3.63) is 41.0 Å². The highest BCUT2D eigenvalue weighted by atomic mass is 16.1. The molecule has 3 aromatic rings. The van der Waals surface area contributed by atoms with Crippen molar-refractivity contribution in [2.45, 2.75) is 53.4 Å². The van der Waals surface area contributed by atoms with Crippen molar-refractivity contribution >= 4 is 22.6 Å². The van der Waals surface area contributed by atoms with Gasteiger partial charge in [0.1, 0.15) is 5.82 Å². The highest BCUT2D eigenvalue weighted by Crippen LogP contribution is 2.21. The number of hydrogen-bond acceptors (Lipinski definition) is 3. The lowest BCUT2D eigenvalue weighted by Crippen LogP contribution is -2.22. The van der Waals surface area contributed by atoms with E-state index < -0.39 is 0 Å². The van der Waals surface area contributed by atoms with Crippen LogP contribution < -0.4 is 5.32 Å². The number of nitrogens with zero attached hydrogens (tertiary/aromatic N) is 3. The Kier molecular flexibility index (Phi) is 5.63. The molecule has 0 radical (unpaired) electrons. The van der Waals surface area contributed by atoms with E-state index in [1.807, 2.05) is 50.7 Å². The molecule has 0 saturated heterocycles. The molecule has 2 N–H and O–H groups in total. The Bertz CT molecular complexity index is 953. The molecule has 0 aliphatic carbocycles. The van der Waals surface area contributed by atoms with Crippen LogP contribution in [0.4, 0.5) is 5.69 Å². The normalized spacial score (nSPS) is 12.5. The average molecular weight is 367 g/mol. The molecule has 2 heterocycles. The number of benzene rings is 1. The number of carbonyl (C=O) groups excluding carboxylic acids is 1. The number of fused-ring (bicyclic) bond motifs is 1. The fourth-order valence-electron chi connectivity index (χ4n) is 3.38. The highest BCUT2D eigenvalue weighted by molar-refractivity contribution is 5.94. The van der Waals surface area contributed by atoms with E-state index >= 15 is 0 Å². The third-order valence-electron chi connectivity index (χ3n) is 5.18. The topological polar surface area (TPSA) is 75.6 Å². The molecule has 6 nitrogen and oxygen atoms in total. The Morgan fingerprint density at radius 1 is 1.33 bits per heavy atom. The molecule has 0 saturated carbocycles. The highest BCUT2D eigenvalue weighted by Gasteiger charge is 2.19. The van der Waals surface area contributed by atoms with Crippen LogP contribution in [-0.4, -0.2) is 25.7 Å². The van der Waals surface area contributed by atoms with Crippen molar-refractivity contribution in [1.82, 2.24) is 19.7 Å². The number of H-pyrrole nitrogens is 1. The van der Waals surface area contributed by atoms with Gasteiger partial charge in [0.2, 0.25) is 5.91 Å². The van der Waals surface area contributed by atoms with Crippen LogP contribution in [0.15, 0.2) is 18.2 Å². The number of aromatic amines is 1. The Morgan fingerprint density at radius 2 is 2.11 bits per heavy atom. The second-order valence-corrected chi connectivity index (χ2v) is 7.39. The summed E-state index contributed by atoms with van der Waals surface area (Å²) in [6.45, 7) is 8.17. The molecule has 0 unspecified atom stereocenters. The molecule has 1 aromatic carbocycles. The minimum atomic E-state index is -0.135. The van der Waals surface area contributed by atoms with Crippen LogP contribution in [0.2, 0.25) is 0 Å². The number of carbonyl (C=O) groups is 1. The van der Waals surface area contributed by atoms with Gasteiger partial charge in [0.25, 0.3) is 0 Å².